The zero-order chi connectivity index (χ0) is 16.0. The minimum Gasteiger partial charge on any atom is -0.480 e. The van der Waals surface area contributed by atoms with Crippen molar-refractivity contribution in [3.05, 3.63) is 45.5 Å². The van der Waals surface area contributed by atoms with Crippen molar-refractivity contribution in [2.24, 2.45) is 5.92 Å². The largest absolute Gasteiger partial charge is 0.480 e. The molecule has 0 saturated heterocycles. The highest BCUT2D eigenvalue weighted by Gasteiger charge is 2.45. The van der Waals surface area contributed by atoms with Crippen LogP contribution in [-0.4, -0.2) is 33.1 Å². The second-order valence-corrected chi connectivity index (χ2v) is 5.30. The van der Waals surface area contributed by atoms with Gasteiger partial charge in [0.05, 0.1) is 21.7 Å². The summed E-state index contributed by atoms with van der Waals surface area (Å²) >= 11 is 0. The number of benzene rings is 1. The first-order chi connectivity index (χ1) is 10.4. The van der Waals surface area contributed by atoms with Gasteiger partial charge in [0.1, 0.15) is 6.04 Å². The fourth-order valence-electron chi connectivity index (χ4n) is 3.27. The maximum atomic E-state index is 11.4. The van der Waals surface area contributed by atoms with Crippen LogP contribution < -0.4 is 5.32 Å². The number of nitro groups is 1. The van der Waals surface area contributed by atoms with E-state index in [0.29, 0.717) is 6.42 Å². The molecule has 2 aliphatic rings. The van der Waals surface area contributed by atoms with Gasteiger partial charge in [-0.3, -0.25) is 10.1 Å². The van der Waals surface area contributed by atoms with Gasteiger partial charge in [-0.25, -0.2) is 9.59 Å². The SMILES string of the molecule is O=C(O)c1ccc([N+](=O)[O-])c2c1N[C@@H](C(=O)O)[C@H]1CC=C[C@H]21. The van der Waals surface area contributed by atoms with Crippen LogP contribution in [-0.2, 0) is 4.79 Å². The molecule has 0 aromatic heterocycles. The lowest BCUT2D eigenvalue weighted by atomic mass is 9.77. The van der Waals surface area contributed by atoms with Gasteiger partial charge in [0.25, 0.3) is 5.69 Å². The van der Waals surface area contributed by atoms with Crippen molar-refractivity contribution >= 4 is 23.3 Å². The highest BCUT2D eigenvalue weighted by atomic mass is 16.6. The van der Waals surface area contributed by atoms with Gasteiger partial charge in [-0.2, -0.15) is 0 Å². The Morgan fingerprint density at radius 3 is 2.64 bits per heavy atom. The normalized spacial score (nSPS) is 25.0. The number of rotatable bonds is 3. The van der Waals surface area contributed by atoms with Crippen LogP contribution >= 0.6 is 0 Å². The molecule has 114 valence electrons. The zero-order valence-electron chi connectivity index (χ0n) is 11.2. The molecule has 1 aliphatic carbocycles. The van der Waals surface area contributed by atoms with E-state index in [1.807, 2.05) is 0 Å². The summed E-state index contributed by atoms with van der Waals surface area (Å²) in [5, 5.41) is 32.5. The average Bonchev–Trinajstić information content (AvgIpc) is 2.93. The number of carboxylic acids is 2. The van der Waals surface area contributed by atoms with Gasteiger partial charge < -0.3 is 15.5 Å². The summed E-state index contributed by atoms with van der Waals surface area (Å²) < 4.78 is 0. The summed E-state index contributed by atoms with van der Waals surface area (Å²) in [6.45, 7) is 0. The fraction of sp³-hybridized carbons (Fsp3) is 0.286. The van der Waals surface area contributed by atoms with Gasteiger partial charge in [0, 0.05) is 17.9 Å². The molecule has 3 rings (SSSR count). The predicted molar refractivity (Wildman–Crippen MR) is 75.1 cm³/mol. The number of carboxylic acid groups (broad SMARTS) is 2. The van der Waals surface area contributed by atoms with Crippen molar-refractivity contribution in [3.8, 4) is 0 Å². The number of hydrogen-bond acceptors (Lipinski definition) is 5. The minimum absolute atomic E-state index is 0.0295. The van der Waals surface area contributed by atoms with E-state index in [2.05, 4.69) is 5.32 Å². The molecule has 0 fully saturated rings. The molecule has 0 bridgehead atoms. The number of fused-ring (bicyclic) bond motifs is 3. The van der Waals surface area contributed by atoms with Crippen LogP contribution in [0.5, 0.6) is 0 Å². The summed E-state index contributed by atoms with van der Waals surface area (Å²) in [4.78, 5) is 33.5. The molecule has 3 N–H and O–H groups in total. The molecule has 3 atom stereocenters. The Kier molecular flexibility index (Phi) is 3.09. The summed E-state index contributed by atoms with van der Waals surface area (Å²) in [6, 6.07) is 1.31. The second-order valence-electron chi connectivity index (χ2n) is 5.30. The smallest absolute Gasteiger partial charge is 0.337 e. The van der Waals surface area contributed by atoms with Crippen molar-refractivity contribution in [3.63, 3.8) is 0 Å². The molecule has 0 saturated carbocycles. The number of aromatic carboxylic acids is 1. The van der Waals surface area contributed by atoms with Gasteiger partial charge in [0.15, 0.2) is 0 Å². The summed E-state index contributed by atoms with van der Waals surface area (Å²) in [5.74, 6) is -3.21. The second kappa shape index (κ2) is 4.83. The van der Waals surface area contributed by atoms with E-state index in [-0.39, 0.29) is 28.4 Å². The molecular formula is C14H12N2O6. The molecule has 1 heterocycles. The monoisotopic (exact) mass is 304 g/mol. The first-order valence-electron chi connectivity index (χ1n) is 6.62. The van der Waals surface area contributed by atoms with Gasteiger partial charge >= 0.3 is 11.9 Å². The number of nitrogens with one attached hydrogen (secondary N) is 1. The van der Waals surface area contributed by atoms with E-state index in [1.54, 1.807) is 12.2 Å². The lowest BCUT2D eigenvalue weighted by Crippen LogP contribution is -2.42. The number of nitrogens with zero attached hydrogens (tertiary/aromatic N) is 1. The summed E-state index contributed by atoms with van der Waals surface area (Å²) in [5.41, 5.74) is -0.0773. The first kappa shape index (κ1) is 14.1. The zero-order valence-corrected chi connectivity index (χ0v) is 11.2. The number of nitro benzene ring substituents is 1. The number of carbonyl (C=O) groups is 2. The third kappa shape index (κ3) is 1.92. The third-order valence-corrected chi connectivity index (χ3v) is 4.19. The fourth-order valence-corrected chi connectivity index (χ4v) is 3.27. The summed E-state index contributed by atoms with van der Waals surface area (Å²) in [7, 11) is 0. The summed E-state index contributed by atoms with van der Waals surface area (Å²) in [6.07, 6.45) is 3.97. The van der Waals surface area contributed by atoms with Crippen LogP contribution in [0.4, 0.5) is 11.4 Å². The number of aliphatic carboxylic acids is 1. The van der Waals surface area contributed by atoms with Crippen molar-refractivity contribution < 1.29 is 24.7 Å². The molecule has 1 aliphatic heterocycles. The van der Waals surface area contributed by atoms with E-state index in [9.17, 15) is 29.9 Å². The Bertz CT molecular complexity index is 726. The van der Waals surface area contributed by atoms with Crippen LogP contribution in [0, 0.1) is 16.0 Å². The van der Waals surface area contributed by atoms with Crippen LogP contribution in [0.3, 0.4) is 0 Å². The van der Waals surface area contributed by atoms with E-state index >= 15 is 0 Å². The predicted octanol–water partition coefficient (Wildman–Crippen LogP) is 1.83. The van der Waals surface area contributed by atoms with Crippen molar-refractivity contribution in [1.29, 1.82) is 0 Å². The molecule has 0 amide bonds. The van der Waals surface area contributed by atoms with E-state index in [0.717, 1.165) is 12.1 Å². The Balaban J connectivity index is 2.27. The van der Waals surface area contributed by atoms with E-state index in [1.165, 1.54) is 0 Å². The third-order valence-electron chi connectivity index (χ3n) is 4.19. The highest BCUT2D eigenvalue weighted by molar-refractivity contribution is 5.98. The standard InChI is InChI=1S/C14H12N2O6/c17-13(18)8-4-5-9(16(21)22)10-6-2-1-3-7(6)12(14(19)20)15-11(8)10/h1-2,4-7,12,15H,3H2,(H,17,18)(H,19,20)/t6-,7-,12+/m0/s1. The van der Waals surface area contributed by atoms with Gasteiger partial charge in [0.2, 0.25) is 0 Å². The molecule has 1 aromatic carbocycles. The van der Waals surface area contributed by atoms with Crippen LogP contribution in [0.25, 0.3) is 0 Å². The molecule has 8 nitrogen and oxygen atoms in total. The van der Waals surface area contributed by atoms with Crippen LogP contribution in [0.2, 0.25) is 0 Å². The Labute approximate surface area is 124 Å². The van der Waals surface area contributed by atoms with Crippen LogP contribution in [0.1, 0.15) is 28.3 Å². The van der Waals surface area contributed by atoms with Gasteiger partial charge in [-0.05, 0) is 12.5 Å². The Morgan fingerprint density at radius 1 is 1.32 bits per heavy atom. The molecule has 0 radical (unpaired) electrons. The molecule has 8 heteroatoms. The number of allylic oxidation sites excluding steroid dienone is 2. The van der Waals surface area contributed by atoms with Crippen molar-refractivity contribution in [1.82, 2.24) is 0 Å². The lowest BCUT2D eigenvalue weighted by Gasteiger charge is -2.34. The molecule has 1 aromatic rings. The highest BCUT2D eigenvalue weighted by Crippen LogP contribution is 2.49. The Morgan fingerprint density at radius 2 is 2.05 bits per heavy atom. The maximum Gasteiger partial charge on any atom is 0.337 e. The Hall–Kier alpha value is -2.90. The minimum atomic E-state index is -1.26. The first-order valence-corrected chi connectivity index (χ1v) is 6.62. The van der Waals surface area contributed by atoms with Gasteiger partial charge in [-0.1, -0.05) is 12.2 Å². The lowest BCUT2D eigenvalue weighted by molar-refractivity contribution is -0.385. The van der Waals surface area contributed by atoms with E-state index < -0.39 is 28.8 Å². The molecule has 0 spiro atoms. The number of anilines is 1. The van der Waals surface area contributed by atoms with Crippen molar-refractivity contribution in [2.75, 3.05) is 5.32 Å². The molecular weight excluding hydrogens is 292 g/mol. The van der Waals surface area contributed by atoms with Crippen LogP contribution in [0.15, 0.2) is 24.3 Å². The van der Waals surface area contributed by atoms with Gasteiger partial charge in [-0.15, -0.1) is 0 Å². The molecule has 0 unspecified atom stereocenters. The van der Waals surface area contributed by atoms with Crippen molar-refractivity contribution in [2.45, 2.75) is 18.4 Å². The number of hydrogen-bond donors (Lipinski definition) is 3. The van der Waals surface area contributed by atoms with E-state index in [4.69, 9.17) is 0 Å². The quantitative estimate of drug-likeness (QED) is 0.441. The topological polar surface area (TPSA) is 130 Å². The average molecular weight is 304 g/mol. The molecule has 22 heavy (non-hydrogen) atoms. The maximum absolute atomic E-state index is 11.4.